The Morgan fingerprint density at radius 2 is 1.71 bits per heavy atom. The molecule has 0 atom stereocenters. The van der Waals surface area contributed by atoms with Crippen LogP contribution in [0.25, 0.3) is 0 Å². The van der Waals surface area contributed by atoms with Crippen LogP contribution in [0, 0.1) is 11.6 Å². The Morgan fingerprint density at radius 1 is 1.14 bits per heavy atom. The van der Waals surface area contributed by atoms with Gasteiger partial charge in [0.2, 0.25) is 5.75 Å². The summed E-state index contributed by atoms with van der Waals surface area (Å²) < 4.78 is 63.4. The molecule has 0 aliphatic carbocycles. The maximum absolute atomic E-state index is 12.8. The van der Waals surface area contributed by atoms with Gasteiger partial charge >= 0.3 is 6.36 Å². The lowest BCUT2D eigenvalue weighted by Crippen LogP contribution is -2.19. The van der Waals surface area contributed by atoms with Crippen LogP contribution in [0.4, 0.5) is 22.0 Å². The first-order chi connectivity index (χ1) is 6.31. The first-order valence-electron chi connectivity index (χ1n) is 3.20. The molecule has 0 aromatic heterocycles. The predicted molar refractivity (Wildman–Crippen MR) is 38.1 cm³/mol. The molecule has 0 fully saturated rings. The number of hydrogen-bond donors (Lipinski definition) is 0. The highest BCUT2D eigenvalue weighted by molar-refractivity contribution is 6.30. The van der Waals surface area contributed by atoms with Crippen molar-refractivity contribution in [2.75, 3.05) is 0 Å². The third-order valence-corrected chi connectivity index (χ3v) is 1.51. The van der Waals surface area contributed by atoms with Crippen LogP contribution >= 0.6 is 11.6 Å². The summed E-state index contributed by atoms with van der Waals surface area (Å²) in [7, 11) is 0. The van der Waals surface area contributed by atoms with E-state index in [1.54, 1.807) is 0 Å². The van der Waals surface area contributed by atoms with Gasteiger partial charge in [0, 0.05) is 0 Å². The lowest BCUT2D eigenvalue weighted by Gasteiger charge is -2.10. The Kier molecular flexibility index (Phi) is 2.84. The Balaban J connectivity index is 3.13. The summed E-state index contributed by atoms with van der Waals surface area (Å²) in [6.07, 6.45) is -5.16. The number of benzene rings is 1. The summed E-state index contributed by atoms with van der Waals surface area (Å²) in [5, 5.41) is -0.648. The second kappa shape index (κ2) is 3.61. The average Bonchev–Trinajstić information content (AvgIpc) is 2.04. The van der Waals surface area contributed by atoms with E-state index in [2.05, 4.69) is 4.74 Å². The first-order valence-corrected chi connectivity index (χ1v) is 3.58. The number of halogens is 6. The van der Waals surface area contributed by atoms with Crippen LogP contribution in [0.5, 0.6) is 5.75 Å². The van der Waals surface area contributed by atoms with E-state index in [0.717, 1.165) is 6.07 Å². The summed E-state index contributed by atoms with van der Waals surface area (Å²) in [6.45, 7) is 0. The molecule has 1 aromatic carbocycles. The molecule has 7 heteroatoms. The lowest BCUT2D eigenvalue weighted by atomic mass is 10.3. The normalized spacial score (nSPS) is 11.6. The maximum atomic E-state index is 12.8. The summed E-state index contributed by atoms with van der Waals surface area (Å²) in [5.74, 6) is -4.60. The fraction of sp³-hybridized carbons (Fsp3) is 0.143. The minimum absolute atomic E-state index is 0.576. The molecule has 0 aliphatic heterocycles. The summed E-state index contributed by atoms with van der Waals surface area (Å²) in [4.78, 5) is 0. The molecule has 0 heterocycles. The van der Waals surface area contributed by atoms with Crippen LogP contribution in [0.3, 0.4) is 0 Å². The van der Waals surface area contributed by atoms with E-state index in [1.165, 1.54) is 0 Å². The monoisotopic (exact) mass is 232 g/mol. The molecule has 0 bridgehead atoms. The molecule has 0 N–H and O–H groups in total. The van der Waals surface area contributed by atoms with Crippen molar-refractivity contribution in [1.29, 1.82) is 0 Å². The minimum Gasteiger partial charge on any atom is -0.399 e. The third-order valence-electron chi connectivity index (χ3n) is 1.22. The van der Waals surface area contributed by atoms with Crippen LogP contribution in [-0.4, -0.2) is 6.36 Å². The predicted octanol–water partition coefficient (Wildman–Crippen LogP) is 3.52. The van der Waals surface area contributed by atoms with Crippen LogP contribution < -0.4 is 4.74 Å². The van der Waals surface area contributed by atoms with E-state index in [0.29, 0.717) is 6.07 Å². The van der Waals surface area contributed by atoms with Crippen molar-refractivity contribution in [3.8, 4) is 5.75 Å². The summed E-state index contributed by atoms with van der Waals surface area (Å²) in [5.41, 5.74) is 0. The number of hydrogen-bond acceptors (Lipinski definition) is 1. The molecule has 0 spiro atoms. The molecule has 1 rings (SSSR count). The van der Waals surface area contributed by atoms with Crippen LogP contribution in [0.1, 0.15) is 0 Å². The molecule has 0 saturated heterocycles. The maximum Gasteiger partial charge on any atom is 0.573 e. The van der Waals surface area contributed by atoms with Gasteiger partial charge in [0.25, 0.3) is 0 Å². The first kappa shape index (κ1) is 11.0. The van der Waals surface area contributed by atoms with Gasteiger partial charge in [-0.3, -0.25) is 0 Å². The third kappa shape index (κ3) is 2.47. The van der Waals surface area contributed by atoms with Crippen molar-refractivity contribution in [2.45, 2.75) is 6.36 Å². The summed E-state index contributed by atoms with van der Waals surface area (Å²) in [6, 6.07) is 1.36. The fourth-order valence-electron chi connectivity index (χ4n) is 0.718. The zero-order valence-electron chi connectivity index (χ0n) is 6.33. The van der Waals surface area contributed by atoms with Crippen molar-refractivity contribution in [2.24, 2.45) is 0 Å². The molecule has 1 nitrogen and oxygen atoms in total. The lowest BCUT2D eigenvalue weighted by molar-refractivity contribution is -0.276. The van der Waals surface area contributed by atoms with E-state index in [4.69, 9.17) is 11.6 Å². The van der Waals surface area contributed by atoms with Crippen LogP contribution in [-0.2, 0) is 0 Å². The van der Waals surface area contributed by atoms with Gasteiger partial charge in [0.05, 0.1) is 5.02 Å². The van der Waals surface area contributed by atoms with Gasteiger partial charge in [-0.25, -0.2) is 8.78 Å². The second-order valence-electron chi connectivity index (χ2n) is 2.22. The SMILES string of the molecule is Fc1ccc(Cl)c(F)c1OC(F)(F)F. The molecule has 0 radical (unpaired) electrons. The van der Waals surface area contributed by atoms with E-state index in [1.807, 2.05) is 0 Å². The highest BCUT2D eigenvalue weighted by Crippen LogP contribution is 2.31. The van der Waals surface area contributed by atoms with Crippen molar-refractivity contribution in [1.82, 2.24) is 0 Å². The van der Waals surface area contributed by atoms with Crippen LogP contribution in [0.2, 0.25) is 5.02 Å². The molecule has 0 saturated carbocycles. The molecule has 0 amide bonds. The van der Waals surface area contributed by atoms with Crippen molar-refractivity contribution < 1.29 is 26.7 Å². The topological polar surface area (TPSA) is 9.23 Å². The van der Waals surface area contributed by atoms with Gasteiger partial charge in [-0.2, -0.15) is 0 Å². The van der Waals surface area contributed by atoms with E-state index in [9.17, 15) is 22.0 Å². The molecular weight excluding hydrogens is 231 g/mol. The van der Waals surface area contributed by atoms with Crippen LogP contribution in [0.15, 0.2) is 12.1 Å². The Morgan fingerprint density at radius 3 is 2.21 bits per heavy atom. The van der Waals surface area contributed by atoms with E-state index >= 15 is 0 Å². The standard InChI is InChI=1S/C7H2ClF5O/c8-3-1-2-4(9)6(5(3)10)14-7(11,12)13/h1-2H. The molecule has 0 aliphatic rings. The average molecular weight is 233 g/mol. The quantitative estimate of drug-likeness (QED) is 0.532. The fourth-order valence-corrected chi connectivity index (χ4v) is 0.867. The largest absolute Gasteiger partial charge is 0.573 e. The highest BCUT2D eigenvalue weighted by Gasteiger charge is 2.34. The van der Waals surface area contributed by atoms with Crippen molar-refractivity contribution in [3.63, 3.8) is 0 Å². The zero-order valence-corrected chi connectivity index (χ0v) is 7.09. The number of rotatable bonds is 1. The van der Waals surface area contributed by atoms with Gasteiger partial charge < -0.3 is 4.74 Å². The Hall–Kier alpha value is -1.04. The molecule has 78 valence electrons. The Labute approximate surface area is 80.0 Å². The van der Waals surface area contributed by atoms with Gasteiger partial charge in [0.1, 0.15) is 0 Å². The summed E-state index contributed by atoms with van der Waals surface area (Å²) >= 11 is 5.13. The molecular formula is C7H2ClF5O. The van der Waals surface area contributed by atoms with E-state index < -0.39 is 28.8 Å². The molecule has 0 unspecified atom stereocenters. The molecule has 14 heavy (non-hydrogen) atoms. The molecule has 1 aromatic rings. The van der Waals surface area contributed by atoms with Gasteiger partial charge in [-0.05, 0) is 12.1 Å². The second-order valence-corrected chi connectivity index (χ2v) is 2.63. The van der Waals surface area contributed by atoms with Gasteiger partial charge in [0.15, 0.2) is 11.6 Å². The van der Waals surface area contributed by atoms with Gasteiger partial charge in [-0.15, -0.1) is 13.2 Å². The van der Waals surface area contributed by atoms with Crippen molar-refractivity contribution >= 4 is 11.6 Å². The zero-order chi connectivity index (χ0) is 10.9. The highest BCUT2D eigenvalue weighted by atomic mass is 35.5. The number of ether oxygens (including phenoxy) is 1. The minimum atomic E-state index is -5.16. The van der Waals surface area contributed by atoms with Gasteiger partial charge in [-0.1, -0.05) is 11.6 Å². The van der Waals surface area contributed by atoms with E-state index in [-0.39, 0.29) is 0 Å². The Bertz CT molecular complexity index is 349. The number of alkyl halides is 3. The smallest absolute Gasteiger partial charge is 0.399 e. The van der Waals surface area contributed by atoms with Crippen molar-refractivity contribution in [3.05, 3.63) is 28.8 Å².